The van der Waals surface area contributed by atoms with Crippen LogP contribution in [0.3, 0.4) is 0 Å². The summed E-state index contributed by atoms with van der Waals surface area (Å²) >= 11 is 11.6. The van der Waals surface area contributed by atoms with E-state index in [1.54, 1.807) is 6.20 Å². The molecular weight excluding hydrogens is 273 g/mol. The smallest absolute Gasteiger partial charge is 0.223 e. The zero-order valence-corrected chi connectivity index (χ0v) is 11.7. The molecule has 0 spiro atoms. The standard InChI is InChI=1S/C12H17Cl2N3O/c13-11-9(7-16-12(14)17-11)8-18-6-4-10-3-1-2-5-15-10/h7,10,15H,1-6,8H2. The lowest BCUT2D eigenvalue weighted by molar-refractivity contribution is 0.108. The van der Waals surface area contributed by atoms with Crippen molar-refractivity contribution in [1.82, 2.24) is 15.3 Å². The van der Waals surface area contributed by atoms with Gasteiger partial charge in [-0.2, -0.15) is 0 Å². The predicted octanol–water partition coefficient (Wildman–Crippen LogP) is 2.83. The molecular formula is C12H17Cl2N3O. The number of rotatable bonds is 5. The van der Waals surface area contributed by atoms with E-state index in [0.29, 0.717) is 17.8 Å². The Balaban J connectivity index is 1.68. The van der Waals surface area contributed by atoms with Crippen LogP contribution < -0.4 is 5.32 Å². The number of ether oxygens (including phenoxy) is 1. The Morgan fingerprint density at radius 2 is 2.28 bits per heavy atom. The van der Waals surface area contributed by atoms with Gasteiger partial charge >= 0.3 is 0 Å². The predicted molar refractivity (Wildman–Crippen MR) is 72.0 cm³/mol. The van der Waals surface area contributed by atoms with Gasteiger partial charge in [0.05, 0.1) is 6.61 Å². The minimum absolute atomic E-state index is 0.162. The first-order valence-corrected chi connectivity index (χ1v) is 6.99. The molecule has 2 heterocycles. The molecule has 1 unspecified atom stereocenters. The number of hydrogen-bond acceptors (Lipinski definition) is 4. The molecule has 0 radical (unpaired) electrons. The maximum absolute atomic E-state index is 5.93. The average molecular weight is 290 g/mol. The van der Waals surface area contributed by atoms with E-state index in [-0.39, 0.29) is 5.28 Å². The van der Waals surface area contributed by atoms with Crippen LogP contribution >= 0.6 is 23.2 Å². The fourth-order valence-electron chi connectivity index (χ4n) is 2.04. The van der Waals surface area contributed by atoms with Gasteiger partial charge < -0.3 is 10.1 Å². The second kappa shape index (κ2) is 7.24. The highest BCUT2D eigenvalue weighted by Crippen LogP contribution is 2.15. The highest BCUT2D eigenvalue weighted by Gasteiger charge is 2.12. The largest absolute Gasteiger partial charge is 0.377 e. The second-order valence-corrected chi connectivity index (χ2v) is 5.14. The van der Waals surface area contributed by atoms with Crippen molar-refractivity contribution >= 4 is 23.2 Å². The highest BCUT2D eigenvalue weighted by molar-refractivity contribution is 6.32. The normalized spacial score (nSPS) is 20.0. The number of hydrogen-bond donors (Lipinski definition) is 1. The third kappa shape index (κ3) is 4.35. The zero-order valence-electron chi connectivity index (χ0n) is 10.2. The van der Waals surface area contributed by atoms with Crippen molar-refractivity contribution in [2.45, 2.75) is 38.3 Å². The Hall–Kier alpha value is -0.420. The van der Waals surface area contributed by atoms with E-state index in [0.717, 1.165) is 25.1 Å². The lowest BCUT2D eigenvalue weighted by atomic mass is 10.0. The molecule has 100 valence electrons. The fourth-order valence-corrected chi connectivity index (χ4v) is 2.40. The maximum Gasteiger partial charge on any atom is 0.223 e. The van der Waals surface area contributed by atoms with Gasteiger partial charge in [-0.1, -0.05) is 18.0 Å². The van der Waals surface area contributed by atoms with Crippen molar-refractivity contribution in [1.29, 1.82) is 0 Å². The fraction of sp³-hybridized carbons (Fsp3) is 0.667. The molecule has 6 heteroatoms. The van der Waals surface area contributed by atoms with Crippen LogP contribution in [-0.4, -0.2) is 29.2 Å². The Morgan fingerprint density at radius 3 is 3.00 bits per heavy atom. The van der Waals surface area contributed by atoms with Crippen LogP contribution in [-0.2, 0) is 11.3 Å². The summed E-state index contributed by atoms with van der Waals surface area (Å²) in [6, 6.07) is 0.593. The lowest BCUT2D eigenvalue weighted by Crippen LogP contribution is -2.34. The van der Waals surface area contributed by atoms with E-state index in [2.05, 4.69) is 15.3 Å². The number of piperidine rings is 1. The van der Waals surface area contributed by atoms with Gasteiger partial charge in [-0.3, -0.25) is 0 Å². The number of nitrogens with zero attached hydrogens (tertiary/aromatic N) is 2. The van der Waals surface area contributed by atoms with Crippen molar-refractivity contribution in [3.05, 3.63) is 22.2 Å². The summed E-state index contributed by atoms with van der Waals surface area (Å²) in [5.74, 6) is 0. The van der Waals surface area contributed by atoms with Crippen molar-refractivity contribution in [2.24, 2.45) is 0 Å². The van der Waals surface area contributed by atoms with Crippen molar-refractivity contribution in [3.8, 4) is 0 Å². The van der Waals surface area contributed by atoms with Crippen LogP contribution in [0.1, 0.15) is 31.2 Å². The molecule has 1 saturated heterocycles. The monoisotopic (exact) mass is 289 g/mol. The molecule has 1 aromatic heterocycles. The molecule has 1 aliphatic heterocycles. The first-order chi connectivity index (χ1) is 8.75. The topological polar surface area (TPSA) is 47.0 Å². The Morgan fingerprint density at radius 1 is 1.39 bits per heavy atom. The second-order valence-electron chi connectivity index (χ2n) is 4.44. The van der Waals surface area contributed by atoms with Crippen molar-refractivity contribution < 1.29 is 4.74 Å². The lowest BCUT2D eigenvalue weighted by Gasteiger charge is -2.23. The zero-order chi connectivity index (χ0) is 12.8. The van der Waals surface area contributed by atoms with Gasteiger partial charge in [-0.15, -0.1) is 0 Å². The molecule has 1 fully saturated rings. The van der Waals surface area contributed by atoms with Crippen LogP contribution in [0, 0.1) is 0 Å². The molecule has 0 bridgehead atoms. The number of nitrogens with one attached hydrogen (secondary N) is 1. The van der Waals surface area contributed by atoms with Gasteiger partial charge in [0.15, 0.2) is 0 Å². The van der Waals surface area contributed by atoms with E-state index in [9.17, 15) is 0 Å². The molecule has 0 saturated carbocycles. The van der Waals surface area contributed by atoms with Crippen LogP contribution in [0.4, 0.5) is 0 Å². The summed E-state index contributed by atoms with van der Waals surface area (Å²) in [4.78, 5) is 7.76. The van der Waals surface area contributed by atoms with Crippen LogP contribution in [0.25, 0.3) is 0 Å². The van der Waals surface area contributed by atoms with Crippen LogP contribution in [0.2, 0.25) is 10.4 Å². The van der Waals surface area contributed by atoms with Gasteiger partial charge in [0, 0.05) is 24.4 Å². The Bertz CT molecular complexity index is 384. The number of halogens is 2. The minimum atomic E-state index is 0.162. The summed E-state index contributed by atoms with van der Waals surface area (Å²) in [6.07, 6.45) is 6.49. The molecule has 0 amide bonds. The Kier molecular flexibility index (Phi) is 5.63. The van der Waals surface area contributed by atoms with Gasteiger partial charge in [0.1, 0.15) is 5.15 Å². The average Bonchev–Trinajstić information content (AvgIpc) is 2.38. The molecule has 1 aromatic rings. The van der Waals surface area contributed by atoms with Crippen molar-refractivity contribution in [2.75, 3.05) is 13.2 Å². The number of aromatic nitrogens is 2. The van der Waals surface area contributed by atoms with Crippen LogP contribution in [0.15, 0.2) is 6.20 Å². The molecule has 1 aliphatic rings. The summed E-state index contributed by atoms with van der Waals surface area (Å²) in [5, 5.41) is 4.02. The van der Waals surface area contributed by atoms with E-state index in [1.165, 1.54) is 19.3 Å². The van der Waals surface area contributed by atoms with E-state index in [4.69, 9.17) is 27.9 Å². The van der Waals surface area contributed by atoms with E-state index in [1.807, 2.05) is 0 Å². The SMILES string of the molecule is Clc1ncc(COCCC2CCCCN2)c(Cl)n1. The Labute approximate surface area is 117 Å². The summed E-state index contributed by atoms with van der Waals surface area (Å²) in [5.41, 5.74) is 0.776. The van der Waals surface area contributed by atoms with Crippen LogP contribution in [0.5, 0.6) is 0 Å². The molecule has 1 N–H and O–H groups in total. The van der Waals surface area contributed by atoms with Gasteiger partial charge in [0.2, 0.25) is 5.28 Å². The van der Waals surface area contributed by atoms with Gasteiger partial charge in [-0.25, -0.2) is 9.97 Å². The third-order valence-corrected chi connectivity index (χ3v) is 3.57. The molecule has 2 rings (SSSR count). The molecule has 0 aliphatic carbocycles. The molecule has 18 heavy (non-hydrogen) atoms. The highest BCUT2D eigenvalue weighted by atomic mass is 35.5. The van der Waals surface area contributed by atoms with Gasteiger partial charge in [-0.05, 0) is 37.4 Å². The van der Waals surface area contributed by atoms with E-state index < -0.39 is 0 Å². The summed E-state index contributed by atoms with van der Waals surface area (Å²) in [7, 11) is 0. The molecule has 0 aromatic carbocycles. The van der Waals surface area contributed by atoms with Gasteiger partial charge in [0.25, 0.3) is 0 Å². The summed E-state index contributed by atoms with van der Waals surface area (Å²) in [6.45, 7) is 2.28. The molecule has 1 atom stereocenters. The summed E-state index contributed by atoms with van der Waals surface area (Å²) < 4.78 is 5.60. The third-order valence-electron chi connectivity index (χ3n) is 3.06. The van der Waals surface area contributed by atoms with E-state index >= 15 is 0 Å². The first-order valence-electron chi connectivity index (χ1n) is 6.24. The molecule has 4 nitrogen and oxygen atoms in total. The first kappa shape index (κ1) is 14.0. The minimum Gasteiger partial charge on any atom is -0.377 e. The maximum atomic E-state index is 5.93. The quantitative estimate of drug-likeness (QED) is 0.514. The van der Waals surface area contributed by atoms with Crippen molar-refractivity contribution in [3.63, 3.8) is 0 Å².